The molecule has 0 saturated heterocycles. The van der Waals surface area contributed by atoms with Gasteiger partial charge in [0.1, 0.15) is 5.82 Å². The van der Waals surface area contributed by atoms with Gasteiger partial charge in [0.05, 0.1) is 19.8 Å². The summed E-state index contributed by atoms with van der Waals surface area (Å²) in [6.07, 6.45) is 0.708. The van der Waals surface area contributed by atoms with Crippen molar-refractivity contribution in [2.75, 3.05) is 33.5 Å². The van der Waals surface area contributed by atoms with Crippen molar-refractivity contribution in [2.45, 2.75) is 19.4 Å². The van der Waals surface area contributed by atoms with Gasteiger partial charge < -0.3 is 14.8 Å². The maximum atomic E-state index is 13.0. The number of hydrogen-bond acceptors (Lipinski definition) is 3. The van der Waals surface area contributed by atoms with E-state index in [4.69, 9.17) is 21.1 Å². The molecule has 1 atom stereocenters. The van der Waals surface area contributed by atoms with Gasteiger partial charge in [-0.25, -0.2) is 4.39 Å². The fourth-order valence-corrected chi connectivity index (χ4v) is 2.04. The van der Waals surface area contributed by atoms with Crippen LogP contribution in [0.1, 0.15) is 12.5 Å². The molecule has 0 aliphatic heterocycles. The first-order valence-electron chi connectivity index (χ1n) is 6.41. The summed E-state index contributed by atoms with van der Waals surface area (Å²) in [6.45, 7) is 4.60. The lowest BCUT2D eigenvalue weighted by Crippen LogP contribution is -2.35. The van der Waals surface area contributed by atoms with Gasteiger partial charge in [-0.2, -0.15) is 0 Å². The zero-order chi connectivity index (χ0) is 14.1. The van der Waals surface area contributed by atoms with Gasteiger partial charge in [-0.15, -0.1) is 0 Å². The molecule has 5 heteroatoms. The van der Waals surface area contributed by atoms with Crippen LogP contribution in [-0.4, -0.2) is 39.5 Å². The van der Waals surface area contributed by atoms with E-state index in [0.717, 1.165) is 12.1 Å². The normalized spacial score (nSPS) is 12.6. The van der Waals surface area contributed by atoms with Crippen molar-refractivity contribution in [3.05, 3.63) is 34.6 Å². The number of halogens is 2. The van der Waals surface area contributed by atoms with E-state index in [1.165, 1.54) is 12.1 Å². The van der Waals surface area contributed by atoms with Crippen LogP contribution in [0.4, 0.5) is 4.39 Å². The number of benzene rings is 1. The maximum Gasteiger partial charge on any atom is 0.124 e. The second kappa shape index (κ2) is 9.26. The number of methoxy groups -OCH3 is 1. The molecular formula is C14H21ClFNO2. The molecule has 0 radical (unpaired) electrons. The molecule has 1 unspecified atom stereocenters. The van der Waals surface area contributed by atoms with Crippen LogP contribution in [0.2, 0.25) is 5.02 Å². The van der Waals surface area contributed by atoms with Crippen LogP contribution in [0.15, 0.2) is 18.2 Å². The Hall–Kier alpha value is -0.680. The summed E-state index contributed by atoms with van der Waals surface area (Å²) in [5.41, 5.74) is 0.921. The molecule has 0 aromatic heterocycles. The summed E-state index contributed by atoms with van der Waals surface area (Å²) in [5, 5.41) is 3.79. The van der Waals surface area contributed by atoms with Gasteiger partial charge in [-0.3, -0.25) is 0 Å². The fourth-order valence-electron chi connectivity index (χ4n) is 1.80. The van der Waals surface area contributed by atoms with Crippen LogP contribution in [0.3, 0.4) is 0 Å². The van der Waals surface area contributed by atoms with Crippen molar-refractivity contribution in [1.82, 2.24) is 5.32 Å². The molecular weight excluding hydrogens is 269 g/mol. The summed E-state index contributed by atoms with van der Waals surface area (Å²) in [4.78, 5) is 0. The van der Waals surface area contributed by atoms with E-state index in [1.54, 1.807) is 13.2 Å². The standard InChI is InChI=1S/C14H21ClFNO2/c1-3-17-13(10-19-7-6-18-2)8-11-4-5-12(16)9-14(11)15/h4-5,9,13,17H,3,6-8,10H2,1-2H3. The Morgan fingerprint density at radius 2 is 2.16 bits per heavy atom. The Labute approximate surface area is 119 Å². The average molecular weight is 290 g/mol. The number of hydrogen-bond donors (Lipinski definition) is 1. The second-order valence-corrected chi connectivity index (χ2v) is 4.67. The lowest BCUT2D eigenvalue weighted by atomic mass is 10.1. The quantitative estimate of drug-likeness (QED) is 0.709. The van der Waals surface area contributed by atoms with Crippen molar-refractivity contribution in [2.24, 2.45) is 0 Å². The summed E-state index contributed by atoms with van der Waals surface area (Å²) in [5.74, 6) is -0.315. The van der Waals surface area contributed by atoms with Crippen molar-refractivity contribution < 1.29 is 13.9 Å². The van der Waals surface area contributed by atoms with Gasteiger partial charge in [0.25, 0.3) is 0 Å². The third-order valence-electron chi connectivity index (χ3n) is 2.73. The number of nitrogens with one attached hydrogen (secondary N) is 1. The Bertz CT molecular complexity index is 376. The minimum absolute atomic E-state index is 0.157. The Balaban J connectivity index is 2.51. The molecule has 0 fully saturated rings. The SMILES string of the molecule is CCNC(COCCOC)Cc1ccc(F)cc1Cl. The summed E-state index contributed by atoms with van der Waals surface area (Å²) < 4.78 is 23.4. The zero-order valence-corrected chi connectivity index (χ0v) is 12.2. The summed E-state index contributed by atoms with van der Waals surface area (Å²) in [7, 11) is 1.64. The van der Waals surface area contributed by atoms with Gasteiger partial charge in [0.2, 0.25) is 0 Å². The molecule has 19 heavy (non-hydrogen) atoms. The molecule has 0 aliphatic rings. The predicted octanol–water partition coefficient (Wildman–Crippen LogP) is 2.66. The first kappa shape index (κ1) is 16.4. The highest BCUT2D eigenvalue weighted by atomic mass is 35.5. The minimum atomic E-state index is -0.315. The van der Waals surface area contributed by atoms with Gasteiger partial charge in [-0.1, -0.05) is 24.6 Å². The third-order valence-corrected chi connectivity index (χ3v) is 3.08. The van der Waals surface area contributed by atoms with E-state index in [-0.39, 0.29) is 11.9 Å². The van der Waals surface area contributed by atoms with Crippen LogP contribution < -0.4 is 5.32 Å². The fraction of sp³-hybridized carbons (Fsp3) is 0.571. The minimum Gasteiger partial charge on any atom is -0.382 e. The number of likely N-dealkylation sites (N-methyl/N-ethyl adjacent to an activating group) is 1. The van der Waals surface area contributed by atoms with Crippen molar-refractivity contribution >= 4 is 11.6 Å². The monoisotopic (exact) mass is 289 g/mol. The number of ether oxygens (including phenoxy) is 2. The van der Waals surface area contributed by atoms with E-state index in [2.05, 4.69) is 5.32 Å². The van der Waals surface area contributed by atoms with Crippen molar-refractivity contribution in [1.29, 1.82) is 0 Å². The summed E-state index contributed by atoms with van der Waals surface area (Å²) in [6, 6.07) is 4.64. The van der Waals surface area contributed by atoms with Crippen LogP contribution in [0.5, 0.6) is 0 Å². The molecule has 0 bridgehead atoms. The average Bonchev–Trinajstić information content (AvgIpc) is 2.38. The van der Waals surface area contributed by atoms with E-state index >= 15 is 0 Å². The topological polar surface area (TPSA) is 30.5 Å². The van der Waals surface area contributed by atoms with E-state index in [0.29, 0.717) is 31.3 Å². The Morgan fingerprint density at radius 3 is 2.79 bits per heavy atom. The van der Waals surface area contributed by atoms with E-state index in [1.807, 2.05) is 6.92 Å². The predicted molar refractivity (Wildman–Crippen MR) is 75.3 cm³/mol. The van der Waals surface area contributed by atoms with Crippen LogP contribution in [0, 0.1) is 5.82 Å². The molecule has 3 nitrogen and oxygen atoms in total. The zero-order valence-electron chi connectivity index (χ0n) is 11.4. The first-order valence-corrected chi connectivity index (χ1v) is 6.79. The molecule has 0 spiro atoms. The molecule has 0 heterocycles. The highest BCUT2D eigenvalue weighted by Crippen LogP contribution is 2.18. The lowest BCUT2D eigenvalue weighted by molar-refractivity contribution is 0.0589. The van der Waals surface area contributed by atoms with E-state index in [9.17, 15) is 4.39 Å². The Morgan fingerprint density at radius 1 is 1.37 bits per heavy atom. The van der Waals surface area contributed by atoms with Crippen molar-refractivity contribution in [3.63, 3.8) is 0 Å². The van der Waals surface area contributed by atoms with Gasteiger partial charge in [0, 0.05) is 18.2 Å². The van der Waals surface area contributed by atoms with Crippen molar-refractivity contribution in [3.8, 4) is 0 Å². The molecule has 0 saturated carbocycles. The molecule has 0 amide bonds. The van der Waals surface area contributed by atoms with Crippen LogP contribution in [0.25, 0.3) is 0 Å². The maximum absolute atomic E-state index is 13.0. The molecule has 0 aliphatic carbocycles. The molecule has 1 N–H and O–H groups in total. The lowest BCUT2D eigenvalue weighted by Gasteiger charge is -2.18. The largest absolute Gasteiger partial charge is 0.382 e. The third kappa shape index (κ3) is 6.34. The smallest absolute Gasteiger partial charge is 0.124 e. The molecule has 108 valence electrons. The van der Waals surface area contributed by atoms with Crippen LogP contribution >= 0.6 is 11.6 Å². The first-order chi connectivity index (χ1) is 9.17. The highest BCUT2D eigenvalue weighted by molar-refractivity contribution is 6.31. The second-order valence-electron chi connectivity index (χ2n) is 4.26. The van der Waals surface area contributed by atoms with Crippen LogP contribution in [-0.2, 0) is 15.9 Å². The van der Waals surface area contributed by atoms with Gasteiger partial charge >= 0.3 is 0 Å². The van der Waals surface area contributed by atoms with E-state index < -0.39 is 0 Å². The number of rotatable bonds is 9. The molecule has 1 aromatic rings. The Kier molecular flexibility index (Phi) is 7.98. The molecule has 1 rings (SSSR count). The summed E-state index contributed by atoms with van der Waals surface area (Å²) >= 11 is 6.03. The van der Waals surface area contributed by atoms with Gasteiger partial charge in [-0.05, 0) is 30.7 Å². The highest BCUT2D eigenvalue weighted by Gasteiger charge is 2.11. The molecule has 1 aromatic carbocycles. The van der Waals surface area contributed by atoms with Gasteiger partial charge in [0.15, 0.2) is 0 Å².